The molecule has 0 bridgehead atoms. The van der Waals surface area contributed by atoms with E-state index in [0.717, 1.165) is 24.8 Å². The topological polar surface area (TPSA) is 66.9 Å². The Labute approximate surface area is 143 Å². The van der Waals surface area contributed by atoms with Crippen LogP contribution in [0.3, 0.4) is 0 Å². The molecule has 0 aromatic heterocycles. The lowest BCUT2D eigenvalue weighted by Crippen LogP contribution is -2.41. The highest BCUT2D eigenvalue weighted by atomic mass is 32.2. The van der Waals surface area contributed by atoms with E-state index in [-0.39, 0.29) is 5.91 Å². The summed E-state index contributed by atoms with van der Waals surface area (Å²) >= 11 is 0. The first-order valence-corrected chi connectivity index (χ1v) is 9.96. The van der Waals surface area contributed by atoms with Crippen LogP contribution in [0.5, 0.6) is 0 Å². The first-order valence-electron chi connectivity index (χ1n) is 8.52. The van der Waals surface area contributed by atoms with Gasteiger partial charge in [0.15, 0.2) is 0 Å². The van der Waals surface area contributed by atoms with Crippen LogP contribution < -0.4 is 0 Å². The molecule has 3 rings (SSSR count). The molecule has 0 atom stereocenters. The number of hydrogen-bond donors (Lipinski definition) is 0. The van der Waals surface area contributed by atoms with Crippen molar-refractivity contribution in [2.45, 2.75) is 30.6 Å². The van der Waals surface area contributed by atoms with Crippen molar-refractivity contribution in [3.8, 4) is 0 Å². The van der Waals surface area contributed by atoms with Gasteiger partial charge in [-0.25, -0.2) is 8.42 Å². The molecule has 1 aromatic rings. The quantitative estimate of drug-likeness (QED) is 0.818. The number of hydrogen-bond acceptors (Lipinski definition) is 4. The van der Waals surface area contributed by atoms with E-state index in [4.69, 9.17) is 4.74 Å². The van der Waals surface area contributed by atoms with Crippen LogP contribution in [-0.4, -0.2) is 62.9 Å². The van der Waals surface area contributed by atoms with Gasteiger partial charge >= 0.3 is 0 Å². The van der Waals surface area contributed by atoms with E-state index in [1.54, 1.807) is 33.5 Å². The molecule has 2 heterocycles. The summed E-state index contributed by atoms with van der Waals surface area (Å²) in [6.07, 6.45) is 3.23. The van der Waals surface area contributed by atoms with E-state index >= 15 is 0 Å². The van der Waals surface area contributed by atoms with Gasteiger partial charge in [0.2, 0.25) is 15.9 Å². The molecule has 2 aliphatic rings. The average Bonchev–Trinajstić information content (AvgIpc) is 2.63. The number of carbonyl (C=O) groups is 1. The zero-order valence-corrected chi connectivity index (χ0v) is 14.6. The molecule has 6 nitrogen and oxygen atoms in total. The first-order chi connectivity index (χ1) is 11.6. The molecule has 132 valence electrons. The van der Waals surface area contributed by atoms with Crippen LogP contribution in [-0.2, 0) is 26.0 Å². The van der Waals surface area contributed by atoms with Gasteiger partial charge in [0, 0.05) is 26.2 Å². The number of amides is 1. The largest absolute Gasteiger partial charge is 0.378 e. The number of morpholine rings is 1. The Hall–Kier alpha value is -1.44. The van der Waals surface area contributed by atoms with E-state index in [9.17, 15) is 13.2 Å². The third-order valence-corrected chi connectivity index (χ3v) is 6.51. The summed E-state index contributed by atoms with van der Waals surface area (Å²) in [6.45, 7) is 3.61. The summed E-state index contributed by atoms with van der Waals surface area (Å²) in [5.41, 5.74) is 0.837. The lowest BCUT2D eigenvalue weighted by Gasteiger charge is -2.27. The van der Waals surface area contributed by atoms with Crippen LogP contribution in [0.25, 0.3) is 0 Å². The van der Waals surface area contributed by atoms with Crippen LogP contribution in [0, 0.1) is 0 Å². The van der Waals surface area contributed by atoms with Crippen molar-refractivity contribution in [2.75, 3.05) is 39.4 Å². The fourth-order valence-electron chi connectivity index (χ4n) is 3.13. The van der Waals surface area contributed by atoms with Gasteiger partial charge in [-0.1, -0.05) is 18.6 Å². The van der Waals surface area contributed by atoms with Crippen molar-refractivity contribution in [1.29, 1.82) is 0 Å². The van der Waals surface area contributed by atoms with Crippen LogP contribution in [0.4, 0.5) is 0 Å². The van der Waals surface area contributed by atoms with E-state index < -0.39 is 10.0 Å². The number of benzene rings is 1. The molecule has 1 aromatic carbocycles. The van der Waals surface area contributed by atoms with Crippen molar-refractivity contribution >= 4 is 15.9 Å². The van der Waals surface area contributed by atoms with Crippen molar-refractivity contribution in [1.82, 2.24) is 9.21 Å². The van der Waals surface area contributed by atoms with Crippen LogP contribution >= 0.6 is 0 Å². The highest BCUT2D eigenvalue weighted by molar-refractivity contribution is 7.89. The number of ether oxygens (including phenoxy) is 1. The molecule has 2 fully saturated rings. The van der Waals surface area contributed by atoms with Crippen LogP contribution in [0.2, 0.25) is 0 Å². The van der Waals surface area contributed by atoms with Gasteiger partial charge in [-0.15, -0.1) is 0 Å². The first kappa shape index (κ1) is 17.4. The zero-order valence-electron chi connectivity index (χ0n) is 13.8. The molecule has 0 N–H and O–H groups in total. The van der Waals surface area contributed by atoms with E-state index in [1.165, 1.54) is 0 Å². The van der Waals surface area contributed by atoms with E-state index in [1.807, 2.05) is 0 Å². The lowest BCUT2D eigenvalue weighted by atomic mass is 10.1. The van der Waals surface area contributed by atoms with Crippen molar-refractivity contribution in [3.63, 3.8) is 0 Å². The summed E-state index contributed by atoms with van der Waals surface area (Å²) in [5, 5.41) is 0. The lowest BCUT2D eigenvalue weighted by molar-refractivity contribution is -0.134. The maximum Gasteiger partial charge on any atom is 0.243 e. The van der Waals surface area contributed by atoms with Crippen molar-refractivity contribution in [3.05, 3.63) is 29.8 Å². The molecule has 0 radical (unpaired) electrons. The Balaban J connectivity index is 1.65. The normalized spacial score (nSPS) is 20.1. The summed E-state index contributed by atoms with van der Waals surface area (Å²) < 4.78 is 32.0. The standard InChI is InChI=1S/C17H24N2O4S/c20-17(18-10-12-23-13-11-18)14-15-4-6-16(7-5-15)24(21,22)19-8-2-1-3-9-19/h4-7H,1-3,8-14H2. The SMILES string of the molecule is O=C(Cc1ccc(S(=O)(=O)N2CCCCC2)cc1)N1CCOCC1. The van der Waals surface area contributed by atoms with Gasteiger partial charge in [-0.2, -0.15) is 4.31 Å². The van der Waals surface area contributed by atoms with Crippen LogP contribution in [0.15, 0.2) is 29.2 Å². The smallest absolute Gasteiger partial charge is 0.243 e. The maximum atomic E-state index is 12.6. The highest BCUT2D eigenvalue weighted by Crippen LogP contribution is 2.21. The Morgan fingerprint density at radius 1 is 0.958 bits per heavy atom. The summed E-state index contributed by atoms with van der Waals surface area (Å²) in [7, 11) is -3.41. The fourth-order valence-corrected chi connectivity index (χ4v) is 4.65. The second-order valence-electron chi connectivity index (χ2n) is 6.28. The van der Waals surface area contributed by atoms with Gasteiger partial charge in [-0.05, 0) is 30.5 Å². The number of carbonyl (C=O) groups excluding carboxylic acids is 1. The maximum absolute atomic E-state index is 12.6. The minimum absolute atomic E-state index is 0.0601. The second kappa shape index (κ2) is 7.63. The molecule has 0 saturated carbocycles. The van der Waals surface area contributed by atoms with Gasteiger partial charge in [0.05, 0.1) is 24.5 Å². The molecular weight excluding hydrogens is 328 g/mol. The number of rotatable bonds is 4. The molecule has 2 aliphatic heterocycles. The highest BCUT2D eigenvalue weighted by Gasteiger charge is 2.26. The number of piperidine rings is 1. The average molecular weight is 352 g/mol. The third kappa shape index (κ3) is 3.96. The molecule has 0 unspecified atom stereocenters. The Morgan fingerprint density at radius 3 is 2.21 bits per heavy atom. The third-order valence-electron chi connectivity index (χ3n) is 4.60. The monoisotopic (exact) mass is 352 g/mol. The number of sulfonamides is 1. The minimum atomic E-state index is -3.41. The van der Waals surface area contributed by atoms with Gasteiger partial charge < -0.3 is 9.64 Å². The molecule has 24 heavy (non-hydrogen) atoms. The van der Waals surface area contributed by atoms with Gasteiger partial charge in [0.1, 0.15) is 0 Å². The summed E-state index contributed by atoms with van der Waals surface area (Å²) in [6, 6.07) is 6.72. The molecule has 1 amide bonds. The van der Waals surface area contributed by atoms with E-state index in [0.29, 0.717) is 50.7 Å². The predicted octanol–water partition coefficient (Wildman–Crippen LogP) is 1.26. The zero-order chi connectivity index (χ0) is 17.0. The fraction of sp³-hybridized carbons (Fsp3) is 0.588. The summed E-state index contributed by atoms with van der Waals surface area (Å²) in [5.74, 6) is 0.0601. The predicted molar refractivity (Wildman–Crippen MR) is 90.2 cm³/mol. The number of nitrogens with zero attached hydrogens (tertiary/aromatic N) is 2. The molecule has 0 aliphatic carbocycles. The van der Waals surface area contributed by atoms with E-state index in [2.05, 4.69) is 0 Å². The minimum Gasteiger partial charge on any atom is -0.378 e. The van der Waals surface area contributed by atoms with Crippen LogP contribution in [0.1, 0.15) is 24.8 Å². The van der Waals surface area contributed by atoms with Crippen molar-refractivity contribution < 1.29 is 17.9 Å². The molecular formula is C17H24N2O4S. The van der Waals surface area contributed by atoms with Crippen molar-refractivity contribution in [2.24, 2.45) is 0 Å². The molecule has 7 heteroatoms. The van der Waals surface area contributed by atoms with Gasteiger partial charge in [0.25, 0.3) is 0 Å². The Morgan fingerprint density at radius 2 is 1.58 bits per heavy atom. The Kier molecular flexibility index (Phi) is 5.53. The van der Waals surface area contributed by atoms with Gasteiger partial charge in [-0.3, -0.25) is 4.79 Å². The second-order valence-corrected chi connectivity index (χ2v) is 8.22. The molecule has 2 saturated heterocycles. The Bertz CT molecular complexity index is 660. The summed E-state index contributed by atoms with van der Waals surface area (Å²) in [4.78, 5) is 14.3. The molecule has 0 spiro atoms.